The van der Waals surface area contributed by atoms with E-state index in [1.54, 1.807) is 24.3 Å². The summed E-state index contributed by atoms with van der Waals surface area (Å²) in [6.45, 7) is 1.84. The Morgan fingerprint density at radius 2 is 2.05 bits per heavy atom. The Balaban J connectivity index is 2.17. The van der Waals surface area contributed by atoms with Gasteiger partial charge >= 0.3 is 5.97 Å². The molecule has 1 aromatic carbocycles. The normalized spacial score (nSPS) is 22.1. The van der Waals surface area contributed by atoms with E-state index in [4.69, 9.17) is 5.11 Å². The third-order valence-corrected chi connectivity index (χ3v) is 5.81. The molecule has 5 nitrogen and oxygen atoms in total. The quantitative estimate of drug-likeness (QED) is 0.843. The van der Waals surface area contributed by atoms with Gasteiger partial charge in [0.05, 0.1) is 22.3 Å². The van der Waals surface area contributed by atoms with E-state index in [1.807, 2.05) is 6.92 Å². The molecule has 2 rings (SSSR count). The molecule has 21 heavy (non-hydrogen) atoms. The Hall–Kier alpha value is -1.56. The molecule has 0 aliphatic heterocycles. The molecule has 0 amide bonds. The summed E-state index contributed by atoms with van der Waals surface area (Å²) in [5.74, 6) is -0.984. The molecule has 0 aromatic heterocycles. The minimum Gasteiger partial charge on any atom is -0.481 e. The average molecular weight is 311 g/mol. The summed E-state index contributed by atoms with van der Waals surface area (Å²) >= 11 is 0. The van der Waals surface area contributed by atoms with Crippen LogP contribution in [-0.2, 0) is 14.6 Å². The van der Waals surface area contributed by atoms with Crippen molar-refractivity contribution in [3.63, 3.8) is 0 Å². The second kappa shape index (κ2) is 6.47. The highest BCUT2D eigenvalue weighted by Crippen LogP contribution is 2.31. The van der Waals surface area contributed by atoms with Crippen molar-refractivity contribution < 1.29 is 18.3 Å². The Bertz CT molecular complexity index is 612. The van der Waals surface area contributed by atoms with E-state index in [0.29, 0.717) is 29.8 Å². The van der Waals surface area contributed by atoms with Crippen LogP contribution in [-0.4, -0.2) is 31.3 Å². The molecule has 116 valence electrons. The molecule has 1 fully saturated rings. The van der Waals surface area contributed by atoms with Gasteiger partial charge in [-0.05, 0) is 37.8 Å². The number of aliphatic carboxylic acids is 1. The van der Waals surface area contributed by atoms with Gasteiger partial charge in [0.1, 0.15) is 0 Å². The van der Waals surface area contributed by atoms with Gasteiger partial charge in [-0.25, -0.2) is 8.42 Å². The number of anilines is 1. The van der Waals surface area contributed by atoms with E-state index in [0.717, 1.165) is 6.42 Å². The SMILES string of the molecule is CCCS(=O)(=O)c1ccccc1N[C@H]1CC[C@@H](C(=O)O)C1. The monoisotopic (exact) mass is 311 g/mol. The summed E-state index contributed by atoms with van der Waals surface area (Å²) in [6.07, 6.45) is 2.49. The third-order valence-electron chi connectivity index (χ3n) is 3.84. The van der Waals surface area contributed by atoms with Crippen molar-refractivity contribution in [2.75, 3.05) is 11.1 Å². The lowest BCUT2D eigenvalue weighted by Gasteiger charge is -2.17. The molecule has 1 saturated carbocycles. The molecule has 1 aliphatic rings. The van der Waals surface area contributed by atoms with Crippen molar-refractivity contribution in [1.29, 1.82) is 0 Å². The number of nitrogens with one attached hydrogen (secondary N) is 1. The maximum absolute atomic E-state index is 12.3. The highest BCUT2D eigenvalue weighted by molar-refractivity contribution is 7.91. The van der Waals surface area contributed by atoms with Gasteiger partial charge in [-0.1, -0.05) is 19.1 Å². The molecule has 0 heterocycles. The Morgan fingerprint density at radius 3 is 2.67 bits per heavy atom. The number of hydrogen-bond donors (Lipinski definition) is 2. The van der Waals surface area contributed by atoms with Gasteiger partial charge in [-0.3, -0.25) is 4.79 Å². The lowest BCUT2D eigenvalue weighted by molar-refractivity contribution is -0.141. The van der Waals surface area contributed by atoms with Gasteiger partial charge in [0, 0.05) is 6.04 Å². The topological polar surface area (TPSA) is 83.5 Å². The van der Waals surface area contributed by atoms with Crippen LogP contribution in [0.3, 0.4) is 0 Å². The fourth-order valence-corrected chi connectivity index (χ4v) is 4.30. The largest absolute Gasteiger partial charge is 0.481 e. The maximum Gasteiger partial charge on any atom is 0.306 e. The van der Waals surface area contributed by atoms with Crippen molar-refractivity contribution >= 4 is 21.5 Å². The highest BCUT2D eigenvalue weighted by atomic mass is 32.2. The molecule has 1 aliphatic carbocycles. The summed E-state index contributed by atoms with van der Waals surface area (Å²) in [5.41, 5.74) is 0.585. The second-order valence-corrected chi connectivity index (χ2v) is 7.58. The van der Waals surface area contributed by atoms with E-state index >= 15 is 0 Å². The number of benzene rings is 1. The van der Waals surface area contributed by atoms with E-state index in [1.165, 1.54) is 0 Å². The lowest BCUT2D eigenvalue weighted by Crippen LogP contribution is -2.20. The Morgan fingerprint density at radius 1 is 1.33 bits per heavy atom. The van der Waals surface area contributed by atoms with Gasteiger partial charge < -0.3 is 10.4 Å². The number of sulfone groups is 1. The summed E-state index contributed by atoms with van der Waals surface area (Å²) in [5, 5.41) is 12.2. The molecule has 2 atom stereocenters. The number of carboxylic acid groups (broad SMARTS) is 1. The number of hydrogen-bond acceptors (Lipinski definition) is 4. The van der Waals surface area contributed by atoms with Crippen LogP contribution in [0.1, 0.15) is 32.6 Å². The first kappa shape index (κ1) is 15.8. The fraction of sp³-hybridized carbons (Fsp3) is 0.533. The number of carboxylic acids is 1. The van der Waals surface area contributed by atoms with Crippen LogP contribution in [0.15, 0.2) is 29.2 Å². The van der Waals surface area contributed by atoms with Crippen molar-refractivity contribution in [2.24, 2.45) is 5.92 Å². The first-order valence-electron chi connectivity index (χ1n) is 7.25. The summed E-state index contributed by atoms with van der Waals surface area (Å²) in [7, 11) is -3.29. The smallest absolute Gasteiger partial charge is 0.306 e. The molecule has 0 bridgehead atoms. The maximum atomic E-state index is 12.3. The van der Waals surface area contributed by atoms with Crippen LogP contribution in [0.4, 0.5) is 5.69 Å². The molecule has 6 heteroatoms. The van der Waals surface area contributed by atoms with Crippen LogP contribution in [0, 0.1) is 5.92 Å². The Kier molecular flexibility index (Phi) is 4.88. The molecule has 0 spiro atoms. The van der Waals surface area contributed by atoms with Gasteiger partial charge in [0.25, 0.3) is 0 Å². The second-order valence-electron chi connectivity index (χ2n) is 5.50. The zero-order valence-corrected chi connectivity index (χ0v) is 12.9. The molecule has 0 unspecified atom stereocenters. The zero-order chi connectivity index (χ0) is 15.5. The van der Waals surface area contributed by atoms with E-state index < -0.39 is 15.8 Å². The first-order chi connectivity index (χ1) is 9.94. The van der Waals surface area contributed by atoms with Crippen molar-refractivity contribution in [1.82, 2.24) is 0 Å². The third kappa shape index (κ3) is 3.75. The van der Waals surface area contributed by atoms with Crippen LogP contribution in [0.25, 0.3) is 0 Å². The fourth-order valence-electron chi connectivity index (χ4n) is 2.79. The molecule has 2 N–H and O–H groups in total. The van der Waals surface area contributed by atoms with Crippen LogP contribution in [0.5, 0.6) is 0 Å². The predicted molar refractivity (Wildman–Crippen MR) is 81.2 cm³/mol. The van der Waals surface area contributed by atoms with Gasteiger partial charge in [0.2, 0.25) is 0 Å². The van der Waals surface area contributed by atoms with Crippen LogP contribution < -0.4 is 5.32 Å². The van der Waals surface area contributed by atoms with Crippen molar-refractivity contribution in [2.45, 2.75) is 43.5 Å². The highest BCUT2D eigenvalue weighted by Gasteiger charge is 2.30. The van der Waals surface area contributed by atoms with Crippen molar-refractivity contribution in [3.05, 3.63) is 24.3 Å². The minimum absolute atomic E-state index is 0.0177. The van der Waals surface area contributed by atoms with E-state index in [-0.39, 0.29) is 17.7 Å². The summed E-state index contributed by atoms with van der Waals surface area (Å²) < 4.78 is 24.5. The Labute approximate surface area is 125 Å². The van der Waals surface area contributed by atoms with E-state index in [9.17, 15) is 13.2 Å². The van der Waals surface area contributed by atoms with Gasteiger partial charge in [-0.15, -0.1) is 0 Å². The predicted octanol–water partition coefficient (Wildman–Crippen LogP) is 2.54. The zero-order valence-electron chi connectivity index (χ0n) is 12.1. The number of carbonyl (C=O) groups is 1. The lowest BCUT2D eigenvalue weighted by atomic mass is 10.1. The number of para-hydroxylation sites is 1. The summed E-state index contributed by atoms with van der Waals surface area (Å²) in [4.78, 5) is 11.3. The van der Waals surface area contributed by atoms with Gasteiger partial charge in [0.15, 0.2) is 9.84 Å². The van der Waals surface area contributed by atoms with Crippen LogP contribution >= 0.6 is 0 Å². The van der Waals surface area contributed by atoms with Gasteiger partial charge in [-0.2, -0.15) is 0 Å². The van der Waals surface area contributed by atoms with E-state index in [2.05, 4.69) is 5.32 Å². The molecular weight excluding hydrogens is 290 g/mol. The first-order valence-corrected chi connectivity index (χ1v) is 8.90. The molecule has 0 radical (unpaired) electrons. The minimum atomic E-state index is -3.29. The molecular formula is C15H21NO4S. The average Bonchev–Trinajstić information content (AvgIpc) is 2.88. The molecule has 0 saturated heterocycles. The summed E-state index contributed by atoms with van der Waals surface area (Å²) in [6, 6.07) is 6.87. The van der Waals surface area contributed by atoms with Crippen LogP contribution in [0.2, 0.25) is 0 Å². The molecule has 1 aromatic rings. The van der Waals surface area contributed by atoms with Crippen molar-refractivity contribution in [3.8, 4) is 0 Å². The standard InChI is InChI=1S/C15H21NO4S/c1-2-9-21(19,20)14-6-4-3-5-13(14)16-12-8-7-11(10-12)15(17)18/h3-6,11-12,16H,2,7-10H2,1H3,(H,17,18)/t11-,12+/m1/s1. The number of rotatable bonds is 6.